The third-order valence-corrected chi connectivity index (χ3v) is 4.89. The minimum absolute atomic E-state index is 0.0185. The van der Waals surface area contributed by atoms with E-state index >= 15 is 0 Å². The number of methoxy groups -OCH3 is 1. The lowest BCUT2D eigenvalue weighted by Crippen LogP contribution is -2.47. The van der Waals surface area contributed by atoms with Crippen LogP contribution >= 0.6 is 0 Å². The van der Waals surface area contributed by atoms with Crippen LogP contribution in [0.2, 0.25) is 0 Å². The maximum atomic E-state index is 12.0. The average molecular weight is 265 g/mol. The Labute approximate surface area is 104 Å². The highest BCUT2D eigenvalue weighted by Gasteiger charge is 2.31. The summed E-state index contributed by atoms with van der Waals surface area (Å²) in [6.07, 6.45) is 2.92. The van der Waals surface area contributed by atoms with Crippen molar-refractivity contribution in [2.24, 2.45) is 11.7 Å². The highest BCUT2D eigenvalue weighted by molar-refractivity contribution is 7.87. The van der Waals surface area contributed by atoms with E-state index in [9.17, 15) is 8.42 Å². The molecular weight excluding hydrogens is 242 g/mol. The summed E-state index contributed by atoms with van der Waals surface area (Å²) in [7, 11) is -0.311. The summed E-state index contributed by atoms with van der Waals surface area (Å²) in [5, 5.41) is 0. The van der Waals surface area contributed by atoms with Crippen molar-refractivity contribution in [3.8, 4) is 0 Å². The van der Waals surface area contributed by atoms with Crippen LogP contribution in [-0.4, -0.2) is 52.6 Å². The maximum absolute atomic E-state index is 12.0. The van der Waals surface area contributed by atoms with E-state index in [4.69, 9.17) is 10.5 Å². The Kier molecular flexibility index (Phi) is 5.81. The van der Waals surface area contributed by atoms with Gasteiger partial charge in [-0.3, -0.25) is 0 Å². The van der Waals surface area contributed by atoms with Gasteiger partial charge in [0.1, 0.15) is 0 Å². The number of hydrogen-bond donors (Lipinski definition) is 2. The van der Waals surface area contributed by atoms with Crippen molar-refractivity contribution in [3.63, 3.8) is 0 Å². The first kappa shape index (κ1) is 14.8. The summed E-state index contributed by atoms with van der Waals surface area (Å²) in [5.41, 5.74) is 5.63. The van der Waals surface area contributed by atoms with E-state index in [1.54, 1.807) is 14.2 Å². The predicted molar refractivity (Wildman–Crippen MR) is 66.7 cm³/mol. The molecule has 0 spiro atoms. The first-order valence-corrected chi connectivity index (χ1v) is 7.38. The van der Waals surface area contributed by atoms with Gasteiger partial charge in [-0.05, 0) is 25.3 Å². The summed E-state index contributed by atoms with van der Waals surface area (Å²) in [4.78, 5) is 0. The molecule has 6 nitrogen and oxygen atoms in total. The Hall–Kier alpha value is -0.210. The summed E-state index contributed by atoms with van der Waals surface area (Å²) >= 11 is 0. The molecule has 0 saturated heterocycles. The standard InChI is InChI=1S/C10H23N3O3S/c1-13(6-7-16-2)17(14,15)12-10-5-3-4-9(10)8-11/h9-10,12H,3-8,11H2,1-2H3. The van der Waals surface area contributed by atoms with Gasteiger partial charge < -0.3 is 10.5 Å². The second-order valence-electron chi connectivity index (χ2n) is 4.47. The molecule has 7 heteroatoms. The molecule has 0 radical (unpaired) electrons. The molecule has 1 aliphatic rings. The summed E-state index contributed by atoms with van der Waals surface area (Å²) in [5.74, 6) is 0.264. The fourth-order valence-electron chi connectivity index (χ4n) is 2.10. The predicted octanol–water partition coefficient (Wildman–Crippen LogP) is -0.474. The number of nitrogens with one attached hydrogen (secondary N) is 1. The van der Waals surface area contributed by atoms with Crippen LogP contribution in [0.3, 0.4) is 0 Å². The first-order chi connectivity index (χ1) is 8.01. The molecule has 0 bridgehead atoms. The number of likely N-dealkylation sites (N-methyl/N-ethyl adjacent to an activating group) is 1. The van der Waals surface area contributed by atoms with Gasteiger partial charge in [0.25, 0.3) is 10.2 Å². The molecule has 1 aliphatic carbocycles. The number of nitrogens with zero attached hydrogens (tertiary/aromatic N) is 1. The molecular formula is C10H23N3O3S. The van der Waals surface area contributed by atoms with E-state index in [2.05, 4.69) is 4.72 Å². The van der Waals surface area contributed by atoms with Crippen LogP contribution in [0.1, 0.15) is 19.3 Å². The number of ether oxygens (including phenoxy) is 1. The quantitative estimate of drug-likeness (QED) is 0.651. The number of nitrogens with two attached hydrogens (primary N) is 1. The molecule has 1 rings (SSSR count). The van der Waals surface area contributed by atoms with Crippen molar-refractivity contribution in [2.45, 2.75) is 25.3 Å². The van der Waals surface area contributed by atoms with Gasteiger partial charge in [0, 0.05) is 26.7 Å². The molecule has 0 amide bonds. The highest BCUT2D eigenvalue weighted by atomic mass is 32.2. The molecule has 0 heterocycles. The lowest BCUT2D eigenvalue weighted by Gasteiger charge is -2.23. The molecule has 1 saturated carbocycles. The monoisotopic (exact) mass is 265 g/mol. The second kappa shape index (κ2) is 6.65. The largest absolute Gasteiger partial charge is 0.383 e. The van der Waals surface area contributed by atoms with Gasteiger partial charge in [-0.1, -0.05) is 6.42 Å². The van der Waals surface area contributed by atoms with Crippen molar-refractivity contribution in [3.05, 3.63) is 0 Å². The molecule has 3 N–H and O–H groups in total. The van der Waals surface area contributed by atoms with Crippen molar-refractivity contribution >= 4 is 10.2 Å². The number of rotatable bonds is 7. The molecule has 0 aromatic carbocycles. The molecule has 2 atom stereocenters. The van der Waals surface area contributed by atoms with Gasteiger partial charge in [-0.2, -0.15) is 17.4 Å². The van der Waals surface area contributed by atoms with E-state index in [0.717, 1.165) is 19.3 Å². The molecule has 0 aromatic heterocycles. The summed E-state index contributed by atoms with van der Waals surface area (Å²) in [6, 6.07) is -0.0185. The van der Waals surface area contributed by atoms with E-state index in [-0.39, 0.29) is 12.0 Å². The Morgan fingerprint density at radius 1 is 1.47 bits per heavy atom. The van der Waals surface area contributed by atoms with Gasteiger partial charge in [-0.15, -0.1) is 0 Å². The zero-order valence-corrected chi connectivity index (χ0v) is 11.4. The van der Waals surface area contributed by atoms with Gasteiger partial charge in [0.05, 0.1) is 6.61 Å². The zero-order chi connectivity index (χ0) is 12.9. The fraction of sp³-hybridized carbons (Fsp3) is 1.00. The van der Waals surface area contributed by atoms with Gasteiger partial charge >= 0.3 is 0 Å². The van der Waals surface area contributed by atoms with Crippen LogP contribution in [0.4, 0.5) is 0 Å². The van der Waals surface area contributed by atoms with Crippen molar-refractivity contribution < 1.29 is 13.2 Å². The molecule has 17 heavy (non-hydrogen) atoms. The van der Waals surface area contributed by atoms with Gasteiger partial charge in [0.2, 0.25) is 0 Å². The van der Waals surface area contributed by atoms with E-state index in [0.29, 0.717) is 19.7 Å². The van der Waals surface area contributed by atoms with Crippen molar-refractivity contribution in [1.82, 2.24) is 9.03 Å². The van der Waals surface area contributed by atoms with Crippen LogP contribution in [0.25, 0.3) is 0 Å². The van der Waals surface area contributed by atoms with Crippen LogP contribution < -0.4 is 10.5 Å². The SMILES string of the molecule is COCCN(C)S(=O)(=O)NC1CCCC1CN. The maximum Gasteiger partial charge on any atom is 0.279 e. The molecule has 1 fully saturated rings. The smallest absolute Gasteiger partial charge is 0.279 e. The first-order valence-electron chi connectivity index (χ1n) is 5.94. The lowest BCUT2D eigenvalue weighted by molar-refractivity contribution is 0.184. The third kappa shape index (κ3) is 4.18. The number of hydrogen-bond acceptors (Lipinski definition) is 4. The minimum Gasteiger partial charge on any atom is -0.383 e. The van der Waals surface area contributed by atoms with E-state index < -0.39 is 10.2 Å². The summed E-state index contributed by atoms with van der Waals surface area (Å²) in [6.45, 7) is 1.28. The Morgan fingerprint density at radius 3 is 2.76 bits per heavy atom. The Balaban J connectivity index is 2.53. The highest BCUT2D eigenvalue weighted by Crippen LogP contribution is 2.25. The van der Waals surface area contributed by atoms with Crippen molar-refractivity contribution in [1.29, 1.82) is 0 Å². The average Bonchev–Trinajstić information content (AvgIpc) is 2.72. The van der Waals surface area contributed by atoms with E-state index in [1.165, 1.54) is 4.31 Å². The topological polar surface area (TPSA) is 84.7 Å². The molecule has 102 valence electrons. The molecule has 2 unspecified atom stereocenters. The third-order valence-electron chi connectivity index (χ3n) is 3.28. The van der Waals surface area contributed by atoms with Crippen LogP contribution in [-0.2, 0) is 14.9 Å². The van der Waals surface area contributed by atoms with Gasteiger partial charge in [0.15, 0.2) is 0 Å². The second-order valence-corrected chi connectivity index (χ2v) is 6.28. The molecule has 0 aromatic rings. The van der Waals surface area contributed by atoms with Crippen LogP contribution in [0.5, 0.6) is 0 Å². The van der Waals surface area contributed by atoms with E-state index in [1.807, 2.05) is 0 Å². The Morgan fingerprint density at radius 2 is 2.18 bits per heavy atom. The normalized spacial score (nSPS) is 25.6. The van der Waals surface area contributed by atoms with Crippen LogP contribution in [0, 0.1) is 5.92 Å². The van der Waals surface area contributed by atoms with Gasteiger partial charge in [-0.25, -0.2) is 0 Å². The van der Waals surface area contributed by atoms with Crippen molar-refractivity contribution in [2.75, 3.05) is 33.9 Å². The summed E-state index contributed by atoms with van der Waals surface area (Å²) < 4.78 is 32.8. The molecule has 0 aliphatic heterocycles. The fourth-order valence-corrected chi connectivity index (χ4v) is 3.28. The Bertz CT molecular complexity index is 321. The van der Waals surface area contributed by atoms with Crippen LogP contribution in [0.15, 0.2) is 0 Å². The minimum atomic E-state index is -3.41. The lowest BCUT2D eigenvalue weighted by atomic mass is 10.1. The zero-order valence-electron chi connectivity index (χ0n) is 10.6.